The molecule has 0 fully saturated rings. The van der Waals surface area contributed by atoms with Crippen LogP contribution >= 0.6 is 11.3 Å². The number of rotatable bonds is 8. The third-order valence-electron chi connectivity index (χ3n) is 5.53. The molecule has 0 bridgehead atoms. The highest BCUT2D eigenvalue weighted by atomic mass is 32.1. The fourth-order valence-electron chi connectivity index (χ4n) is 3.90. The Morgan fingerprint density at radius 3 is 2.60 bits per heavy atom. The molecule has 30 heavy (non-hydrogen) atoms. The van der Waals surface area contributed by atoms with E-state index < -0.39 is 5.41 Å². The lowest BCUT2D eigenvalue weighted by Crippen LogP contribution is -2.36. The van der Waals surface area contributed by atoms with E-state index in [9.17, 15) is 9.59 Å². The summed E-state index contributed by atoms with van der Waals surface area (Å²) >= 11 is 1.66. The molecule has 5 heteroatoms. The summed E-state index contributed by atoms with van der Waals surface area (Å²) in [6.45, 7) is 0. The van der Waals surface area contributed by atoms with Crippen LogP contribution in [0.1, 0.15) is 33.6 Å². The third kappa shape index (κ3) is 3.94. The summed E-state index contributed by atoms with van der Waals surface area (Å²) in [5, 5.41) is 5.07. The number of ether oxygens (including phenoxy) is 1. The van der Waals surface area contributed by atoms with E-state index in [4.69, 9.17) is 4.74 Å². The topological polar surface area (TPSA) is 55.4 Å². The van der Waals surface area contributed by atoms with Gasteiger partial charge in [-0.1, -0.05) is 36.4 Å². The van der Waals surface area contributed by atoms with Gasteiger partial charge >= 0.3 is 0 Å². The predicted octanol–water partition coefficient (Wildman–Crippen LogP) is 5.41. The molecule has 0 radical (unpaired) electrons. The van der Waals surface area contributed by atoms with Crippen molar-refractivity contribution < 1.29 is 14.3 Å². The molecule has 1 aliphatic rings. The van der Waals surface area contributed by atoms with Gasteiger partial charge in [-0.25, -0.2) is 0 Å². The van der Waals surface area contributed by atoms with E-state index >= 15 is 0 Å². The first-order valence-electron chi connectivity index (χ1n) is 9.88. The SMILES string of the molecule is COc1ccc(C(=O)C/C=C\C[C@]2(Cc3cccs3)C(=O)Nc3ccccc32)cc1. The second kappa shape index (κ2) is 8.67. The molecule has 0 saturated carbocycles. The molecule has 4 rings (SSSR count). The molecule has 152 valence electrons. The number of ketones is 1. The van der Waals surface area contributed by atoms with Gasteiger partial charge in [-0.2, -0.15) is 0 Å². The summed E-state index contributed by atoms with van der Waals surface area (Å²) < 4.78 is 5.13. The van der Waals surface area contributed by atoms with E-state index in [1.165, 1.54) is 4.88 Å². The van der Waals surface area contributed by atoms with Gasteiger partial charge in [0, 0.05) is 29.0 Å². The lowest BCUT2D eigenvalue weighted by molar-refractivity contribution is -0.120. The van der Waals surface area contributed by atoms with E-state index in [1.54, 1.807) is 42.7 Å². The molecule has 0 unspecified atom stereocenters. The zero-order valence-corrected chi connectivity index (χ0v) is 17.6. The number of amides is 1. The van der Waals surface area contributed by atoms with Crippen molar-refractivity contribution in [3.05, 3.63) is 94.2 Å². The summed E-state index contributed by atoms with van der Waals surface area (Å²) in [6.07, 6.45) is 5.33. The van der Waals surface area contributed by atoms with E-state index in [0.717, 1.165) is 17.0 Å². The number of nitrogens with one attached hydrogen (secondary N) is 1. The van der Waals surface area contributed by atoms with Crippen LogP contribution in [0, 0.1) is 0 Å². The third-order valence-corrected chi connectivity index (χ3v) is 6.41. The highest BCUT2D eigenvalue weighted by Crippen LogP contribution is 2.43. The van der Waals surface area contributed by atoms with E-state index in [1.807, 2.05) is 47.9 Å². The lowest BCUT2D eigenvalue weighted by Gasteiger charge is -2.25. The number of hydrogen-bond acceptors (Lipinski definition) is 4. The van der Waals surface area contributed by atoms with Crippen LogP contribution in [0.15, 0.2) is 78.2 Å². The van der Waals surface area contributed by atoms with E-state index in [2.05, 4.69) is 11.4 Å². The summed E-state index contributed by atoms with van der Waals surface area (Å²) in [5.74, 6) is 0.782. The minimum atomic E-state index is -0.652. The molecule has 2 heterocycles. The van der Waals surface area contributed by atoms with Crippen LogP contribution in [0.4, 0.5) is 5.69 Å². The molecule has 1 aliphatic heterocycles. The maximum Gasteiger partial charge on any atom is 0.235 e. The van der Waals surface area contributed by atoms with Crippen molar-refractivity contribution in [2.24, 2.45) is 0 Å². The van der Waals surface area contributed by atoms with Crippen molar-refractivity contribution in [3.8, 4) is 5.75 Å². The number of Topliss-reactive ketones (excluding diaryl/α,β-unsaturated/α-hetero) is 1. The molecule has 2 aromatic carbocycles. The molecule has 1 aromatic heterocycles. The van der Waals surface area contributed by atoms with Gasteiger partial charge in [-0.15, -0.1) is 11.3 Å². The second-order valence-electron chi connectivity index (χ2n) is 7.37. The second-order valence-corrected chi connectivity index (χ2v) is 8.40. The van der Waals surface area contributed by atoms with Gasteiger partial charge < -0.3 is 10.1 Å². The highest BCUT2D eigenvalue weighted by molar-refractivity contribution is 7.09. The van der Waals surface area contributed by atoms with Gasteiger partial charge in [0.05, 0.1) is 12.5 Å². The first-order chi connectivity index (χ1) is 14.6. The zero-order valence-electron chi connectivity index (χ0n) is 16.8. The maximum atomic E-state index is 13.1. The Morgan fingerprint density at radius 2 is 1.87 bits per heavy atom. The first kappa shape index (κ1) is 20.1. The molecular formula is C25H23NO3S. The Hall–Kier alpha value is -3.18. The van der Waals surface area contributed by atoms with Gasteiger partial charge in [-0.3, -0.25) is 9.59 Å². The number of anilines is 1. The van der Waals surface area contributed by atoms with Crippen LogP contribution in [0.2, 0.25) is 0 Å². The van der Waals surface area contributed by atoms with Gasteiger partial charge in [0.25, 0.3) is 0 Å². The molecule has 0 aliphatic carbocycles. The van der Waals surface area contributed by atoms with Crippen molar-refractivity contribution in [3.63, 3.8) is 0 Å². The number of methoxy groups -OCH3 is 1. The lowest BCUT2D eigenvalue weighted by atomic mass is 9.75. The number of carbonyl (C=O) groups excluding carboxylic acids is 2. The molecule has 3 aromatic rings. The number of hydrogen-bond donors (Lipinski definition) is 1. The van der Waals surface area contributed by atoms with Crippen LogP contribution < -0.4 is 10.1 Å². The van der Waals surface area contributed by atoms with Crippen LogP contribution in [0.5, 0.6) is 5.75 Å². The fourth-order valence-corrected chi connectivity index (χ4v) is 4.72. The number of allylic oxidation sites excluding steroid dienone is 2. The quantitative estimate of drug-likeness (QED) is 0.394. The van der Waals surface area contributed by atoms with Gasteiger partial charge in [0.2, 0.25) is 5.91 Å². The maximum absolute atomic E-state index is 13.1. The Kier molecular flexibility index (Phi) is 5.81. The van der Waals surface area contributed by atoms with Crippen molar-refractivity contribution in [1.29, 1.82) is 0 Å². The Morgan fingerprint density at radius 1 is 1.07 bits per heavy atom. The van der Waals surface area contributed by atoms with Crippen molar-refractivity contribution in [2.75, 3.05) is 12.4 Å². The Labute approximate surface area is 180 Å². The Bertz CT molecular complexity index is 1070. The van der Waals surface area contributed by atoms with Crippen LogP contribution in [0.3, 0.4) is 0 Å². The fraction of sp³-hybridized carbons (Fsp3) is 0.200. The number of para-hydroxylation sites is 1. The van der Waals surface area contributed by atoms with E-state index in [0.29, 0.717) is 24.8 Å². The number of fused-ring (bicyclic) bond motifs is 1. The van der Waals surface area contributed by atoms with E-state index in [-0.39, 0.29) is 11.7 Å². The number of benzene rings is 2. The largest absolute Gasteiger partial charge is 0.497 e. The number of carbonyl (C=O) groups is 2. The Balaban J connectivity index is 1.51. The normalized spacial score (nSPS) is 17.7. The minimum absolute atomic E-state index is 0.0169. The van der Waals surface area contributed by atoms with Crippen molar-refractivity contribution >= 4 is 28.7 Å². The summed E-state index contributed by atoms with van der Waals surface area (Å²) in [4.78, 5) is 26.7. The van der Waals surface area contributed by atoms with Gasteiger partial charge in [-0.05, 0) is 53.8 Å². The van der Waals surface area contributed by atoms with Gasteiger partial charge in [0.15, 0.2) is 5.78 Å². The molecule has 0 saturated heterocycles. The monoisotopic (exact) mass is 417 g/mol. The smallest absolute Gasteiger partial charge is 0.235 e. The molecule has 1 N–H and O–H groups in total. The van der Waals surface area contributed by atoms with Crippen molar-refractivity contribution in [2.45, 2.75) is 24.7 Å². The van der Waals surface area contributed by atoms with Crippen molar-refractivity contribution in [1.82, 2.24) is 0 Å². The van der Waals surface area contributed by atoms with Crippen LogP contribution in [0.25, 0.3) is 0 Å². The van der Waals surface area contributed by atoms with Crippen LogP contribution in [-0.2, 0) is 16.6 Å². The summed E-state index contributed by atoms with van der Waals surface area (Å²) in [5.41, 5.74) is 1.90. The highest BCUT2D eigenvalue weighted by Gasteiger charge is 2.45. The summed E-state index contributed by atoms with van der Waals surface area (Å²) in [6, 6.07) is 19.1. The zero-order chi connectivity index (χ0) is 21.0. The molecule has 1 atom stereocenters. The average Bonchev–Trinajstić information content (AvgIpc) is 3.38. The molecule has 0 spiro atoms. The molecule has 4 nitrogen and oxygen atoms in total. The standard InChI is InChI=1S/C25H23NO3S/c1-29-19-13-11-18(12-14-19)23(27)10-4-5-15-25(17-20-7-6-16-30-20)21-8-2-3-9-22(21)26-24(25)28/h2-9,11-14,16H,10,15,17H2,1H3,(H,26,28)/b5-4-/t25-/m1/s1. The molecule has 1 amide bonds. The first-order valence-corrected chi connectivity index (χ1v) is 10.8. The summed E-state index contributed by atoms with van der Waals surface area (Å²) in [7, 11) is 1.60. The predicted molar refractivity (Wildman–Crippen MR) is 120 cm³/mol. The minimum Gasteiger partial charge on any atom is -0.497 e. The molecular weight excluding hydrogens is 394 g/mol. The van der Waals surface area contributed by atoms with Gasteiger partial charge in [0.1, 0.15) is 5.75 Å². The average molecular weight is 418 g/mol. The number of thiophene rings is 1. The van der Waals surface area contributed by atoms with Crippen LogP contribution in [-0.4, -0.2) is 18.8 Å².